The smallest absolute Gasteiger partial charge is 0.310 e. The topological polar surface area (TPSA) is 15.3 Å². The van der Waals surface area contributed by atoms with Gasteiger partial charge in [-0.3, -0.25) is 0 Å². The molecule has 0 aromatic heterocycles. The van der Waals surface area contributed by atoms with Crippen molar-refractivity contribution in [2.75, 3.05) is 20.1 Å². The Hall–Kier alpha value is -1.07. The lowest BCUT2D eigenvalue weighted by Crippen LogP contribution is -2.30. The second-order valence-corrected chi connectivity index (χ2v) is 5.47. The van der Waals surface area contributed by atoms with Gasteiger partial charge in [0, 0.05) is 12.6 Å². The van der Waals surface area contributed by atoms with Crippen molar-refractivity contribution in [2.45, 2.75) is 38.0 Å². The van der Waals surface area contributed by atoms with E-state index in [2.05, 4.69) is 17.3 Å². The summed E-state index contributed by atoms with van der Waals surface area (Å²) in [4.78, 5) is 2.27. The van der Waals surface area contributed by atoms with Crippen LogP contribution in [0.1, 0.15) is 30.4 Å². The molecule has 0 radical (unpaired) electrons. The van der Waals surface area contributed by atoms with Crippen LogP contribution in [0.3, 0.4) is 0 Å². The van der Waals surface area contributed by atoms with Crippen molar-refractivity contribution >= 4 is 0 Å². The van der Waals surface area contributed by atoms with Crippen molar-refractivity contribution in [1.29, 1.82) is 0 Å². The van der Waals surface area contributed by atoms with Crippen LogP contribution in [0.5, 0.6) is 0 Å². The molecule has 1 aromatic carbocycles. The lowest BCUT2D eigenvalue weighted by molar-refractivity contribution is -0.138. The number of likely N-dealkylation sites (tertiary alicyclic amines) is 1. The van der Waals surface area contributed by atoms with Gasteiger partial charge in [0.2, 0.25) is 0 Å². The number of hydrogen-bond donors (Lipinski definition) is 1. The zero-order valence-corrected chi connectivity index (χ0v) is 11.7. The predicted molar refractivity (Wildman–Crippen MR) is 73.4 cm³/mol. The van der Waals surface area contributed by atoms with Gasteiger partial charge in [-0.05, 0) is 51.0 Å². The molecule has 5 heteroatoms. The summed E-state index contributed by atoms with van der Waals surface area (Å²) >= 11 is 0. The van der Waals surface area contributed by atoms with E-state index in [1.807, 2.05) is 0 Å². The molecule has 1 aromatic rings. The summed E-state index contributed by atoms with van der Waals surface area (Å²) in [6.07, 6.45) is -1.17. The van der Waals surface area contributed by atoms with Gasteiger partial charge < -0.3 is 10.2 Å². The highest BCUT2D eigenvalue weighted by molar-refractivity contribution is 5.29. The first-order valence-electron chi connectivity index (χ1n) is 7.04. The lowest BCUT2D eigenvalue weighted by Gasteiger charge is -2.19. The standard InChI is InChI=1S/C15H21F3N2/c1-20-9-4-6-13(8-10-20)19-11-12-5-2-3-7-14(12)15(16,17)18/h2-3,5,7,13,19H,4,6,8-11H2,1H3. The highest BCUT2D eigenvalue weighted by atomic mass is 19.4. The molecule has 1 aliphatic heterocycles. The summed E-state index contributed by atoms with van der Waals surface area (Å²) in [7, 11) is 2.08. The molecule has 0 saturated carbocycles. The second-order valence-electron chi connectivity index (χ2n) is 5.47. The monoisotopic (exact) mass is 286 g/mol. The summed E-state index contributed by atoms with van der Waals surface area (Å²) in [5.74, 6) is 0. The molecule has 0 bridgehead atoms. The number of nitrogens with zero attached hydrogens (tertiary/aromatic N) is 1. The van der Waals surface area contributed by atoms with E-state index in [1.54, 1.807) is 12.1 Å². The molecule has 0 aliphatic carbocycles. The van der Waals surface area contributed by atoms with Gasteiger partial charge in [0.25, 0.3) is 0 Å². The normalized spacial score (nSPS) is 21.7. The SMILES string of the molecule is CN1CCCC(NCc2ccccc2C(F)(F)F)CC1. The summed E-state index contributed by atoms with van der Waals surface area (Å²) < 4.78 is 38.7. The Kier molecular flexibility index (Phi) is 5.05. The van der Waals surface area contributed by atoms with Crippen LogP contribution in [0, 0.1) is 0 Å². The van der Waals surface area contributed by atoms with Gasteiger partial charge in [0.05, 0.1) is 5.56 Å². The van der Waals surface area contributed by atoms with Gasteiger partial charge >= 0.3 is 6.18 Å². The van der Waals surface area contributed by atoms with E-state index in [0.29, 0.717) is 11.6 Å². The largest absolute Gasteiger partial charge is 0.416 e. The maximum atomic E-state index is 12.9. The average Bonchev–Trinajstić information content (AvgIpc) is 2.60. The van der Waals surface area contributed by atoms with E-state index >= 15 is 0 Å². The molecule has 1 saturated heterocycles. The molecule has 1 N–H and O–H groups in total. The van der Waals surface area contributed by atoms with Gasteiger partial charge in [-0.1, -0.05) is 18.2 Å². The number of halogens is 3. The van der Waals surface area contributed by atoms with Crippen LogP contribution in [0.2, 0.25) is 0 Å². The highest BCUT2D eigenvalue weighted by Gasteiger charge is 2.32. The molecular formula is C15H21F3N2. The van der Waals surface area contributed by atoms with Gasteiger partial charge in [0.1, 0.15) is 0 Å². The van der Waals surface area contributed by atoms with Crippen LogP contribution in [-0.2, 0) is 12.7 Å². The van der Waals surface area contributed by atoms with Gasteiger partial charge in [-0.2, -0.15) is 13.2 Å². The van der Waals surface area contributed by atoms with Crippen molar-refractivity contribution < 1.29 is 13.2 Å². The molecule has 1 unspecified atom stereocenters. The molecule has 1 fully saturated rings. The Labute approximate surface area is 118 Å². The van der Waals surface area contributed by atoms with Crippen molar-refractivity contribution in [3.05, 3.63) is 35.4 Å². The minimum Gasteiger partial charge on any atom is -0.310 e. The first-order chi connectivity index (χ1) is 9.47. The highest BCUT2D eigenvalue weighted by Crippen LogP contribution is 2.31. The van der Waals surface area contributed by atoms with Crippen LogP contribution in [-0.4, -0.2) is 31.1 Å². The molecule has 1 atom stereocenters. The second kappa shape index (κ2) is 6.59. The van der Waals surface area contributed by atoms with E-state index in [4.69, 9.17) is 0 Å². The maximum Gasteiger partial charge on any atom is 0.416 e. The third-order valence-corrected chi connectivity index (χ3v) is 3.86. The first kappa shape index (κ1) is 15.3. The molecule has 112 valence electrons. The molecule has 2 nitrogen and oxygen atoms in total. The number of benzene rings is 1. The van der Waals surface area contributed by atoms with Crippen molar-refractivity contribution in [1.82, 2.24) is 10.2 Å². The Balaban J connectivity index is 1.97. The zero-order chi connectivity index (χ0) is 14.6. The van der Waals surface area contributed by atoms with Crippen LogP contribution in [0.25, 0.3) is 0 Å². The van der Waals surface area contributed by atoms with E-state index in [0.717, 1.165) is 38.4 Å². The molecule has 0 amide bonds. The fraction of sp³-hybridized carbons (Fsp3) is 0.600. The predicted octanol–water partition coefficient (Wildman–Crippen LogP) is 3.28. The Bertz CT molecular complexity index is 431. The van der Waals surface area contributed by atoms with Crippen molar-refractivity contribution in [3.8, 4) is 0 Å². The third kappa shape index (κ3) is 4.21. The summed E-state index contributed by atoms with van der Waals surface area (Å²) in [6.45, 7) is 2.35. The summed E-state index contributed by atoms with van der Waals surface area (Å²) in [5.41, 5.74) is -0.198. The van der Waals surface area contributed by atoms with Gasteiger partial charge in [-0.25, -0.2) is 0 Å². The fourth-order valence-corrected chi connectivity index (χ4v) is 2.65. The van der Waals surface area contributed by atoms with Crippen molar-refractivity contribution in [2.24, 2.45) is 0 Å². The number of hydrogen-bond acceptors (Lipinski definition) is 2. The average molecular weight is 286 g/mol. The van der Waals surface area contributed by atoms with E-state index in [-0.39, 0.29) is 6.54 Å². The number of nitrogens with one attached hydrogen (secondary N) is 1. The molecule has 0 spiro atoms. The number of rotatable bonds is 3. The maximum absolute atomic E-state index is 12.9. The Morgan fingerprint density at radius 3 is 2.70 bits per heavy atom. The third-order valence-electron chi connectivity index (χ3n) is 3.86. The van der Waals surface area contributed by atoms with Gasteiger partial charge in [0.15, 0.2) is 0 Å². The van der Waals surface area contributed by atoms with Crippen LogP contribution in [0.15, 0.2) is 24.3 Å². The Morgan fingerprint density at radius 1 is 1.20 bits per heavy atom. The minimum absolute atomic E-state index is 0.282. The zero-order valence-electron chi connectivity index (χ0n) is 11.7. The quantitative estimate of drug-likeness (QED) is 0.917. The van der Waals surface area contributed by atoms with E-state index < -0.39 is 11.7 Å². The molecule has 1 aliphatic rings. The molecule has 1 heterocycles. The fourth-order valence-electron chi connectivity index (χ4n) is 2.65. The molecule has 2 rings (SSSR count). The summed E-state index contributed by atoms with van der Waals surface area (Å²) in [6, 6.07) is 6.11. The minimum atomic E-state index is -4.28. The van der Waals surface area contributed by atoms with E-state index in [1.165, 1.54) is 6.07 Å². The lowest BCUT2D eigenvalue weighted by atomic mass is 10.1. The molecular weight excluding hydrogens is 265 g/mol. The van der Waals surface area contributed by atoms with E-state index in [9.17, 15) is 13.2 Å². The van der Waals surface area contributed by atoms with Crippen LogP contribution < -0.4 is 5.32 Å². The summed E-state index contributed by atoms with van der Waals surface area (Å²) in [5, 5.41) is 3.28. The van der Waals surface area contributed by atoms with Crippen LogP contribution in [0.4, 0.5) is 13.2 Å². The van der Waals surface area contributed by atoms with Crippen LogP contribution >= 0.6 is 0 Å². The van der Waals surface area contributed by atoms with Crippen molar-refractivity contribution in [3.63, 3.8) is 0 Å². The molecule has 20 heavy (non-hydrogen) atoms. The van der Waals surface area contributed by atoms with Gasteiger partial charge in [-0.15, -0.1) is 0 Å². The Morgan fingerprint density at radius 2 is 1.95 bits per heavy atom. The number of alkyl halides is 3. The first-order valence-corrected chi connectivity index (χ1v) is 7.04.